The first-order valence-electron chi connectivity index (χ1n) is 4.99. The van der Waals surface area contributed by atoms with Crippen LogP contribution in [0.4, 0.5) is 0 Å². The zero-order valence-corrected chi connectivity index (χ0v) is 10.9. The van der Waals surface area contributed by atoms with Crippen LogP contribution >= 0.6 is 24.0 Å². The summed E-state index contributed by atoms with van der Waals surface area (Å²) in [5.41, 5.74) is 11.7. The summed E-state index contributed by atoms with van der Waals surface area (Å²) in [5.74, 6) is -0.960. The van der Waals surface area contributed by atoms with E-state index in [1.54, 1.807) is 0 Å². The molecule has 0 aliphatic carbocycles. The summed E-state index contributed by atoms with van der Waals surface area (Å²) in [7, 11) is 0. The molecule has 0 saturated heterocycles. The van der Waals surface area contributed by atoms with Gasteiger partial charge in [0.15, 0.2) is 0 Å². The normalized spacial score (nSPS) is 19.4. The number of thiophene rings is 1. The number of rotatable bonds is 2. The summed E-state index contributed by atoms with van der Waals surface area (Å²) >= 11 is 5.60. The third-order valence-electron chi connectivity index (χ3n) is 2.59. The fraction of sp³-hybridized carbons (Fsp3) is 0.0909. The van der Waals surface area contributed by atoms with Crippen LogP contribution in [-0.2, 0) is 4.79 Å². The van der Waals surface area contributed by atoms with E-state index in [-0.39, 0.29) is 22.0 Å². The number of hydrogen-bond donors (Lipinski definition) is 4. The highest BCUT2D eigenvalue weighted by Gasteiger charge is 2.33. The molecule has 0 spiro atoms. The summed E-state index contributed by atoms with van der Waals surface area (Å²) in [6.45, 7) is 0. The Labute approximate surface area is 113 Å². The van der Waals surface area contributed by atoms with Crippen molar-refractivity contribution in [3.8, 4) is 6.07 Å². The SMILES string of the molecule is N#CC1=C(N)NC(S)=C(C(N)=O)C1c1cccs1. The zero-order valence-electron chi connectivity index (χ0n) is 9.18. The fourth-order valence-electron chi connectivity index (χ4n) is 1.82. The van der Waals surface area contributed by atoms with E-state index in [9.17, 15) is 10.1 Å². The van der Waals surface area contributed by atoms with Gasteiger partial charge in [0.1, 0.15) is 5.82 Å². The predicted octanol–water partition coefficient (Wildman–Crippen LogP) is 0.755. The molecule has 0 aromatic carbocycles. The van der Waals surface area contributed by atoms with Crippen LogP contribution in [0, 0.1) is 11.3 Å². The van der Waals surface area contributed by atoms with Gasteiger partial charge >= 0.3 is 0 Å². The molecular weight excluding hydrogens is 268 g/mol. The Morgan fingerprint density at radius 1 is 1.61 bits per heavy atom. The minimum absolute atomic E-state index is 0.200. The van der Waals surface area contributed by atoms with Gasteiger partial charge < -0.3 is 16.8 Å². The standard InChI is InChI=1S/C11H10N4OS2/c12-4-5-7(6-2-1-3-18-6)8(10(14)16)11(17)15-9(5)13/h1-3,7,15,17H,13H2,(H2,14,16). The van der Waals surface area contributed by atoms with Crippen molar-refractivity contribution in [2.45, 2.75) is 5.92 Å². The number of nitriles is 1. The van der Waals surface area contributed by atoms with E-state index < -0.39 is 11.8 Å². The lowest BCUT2D eigenvalue weighted by atomic mass is 9.88. The van der Waals surface area contributed by atoms with E-state index in [2.05, 4.69) is 17.9 Å². The molecule has 1 aliphatic rings. The van der Waals surface area contributed by atoms with Gasteiger partial charge in [-0.05, 0) is 11.4 Å². The highest BCUT2D eigenvalue weighted by atomic mass is 32.1. The molecule has 1 aromatic rings. The number of allylic oxidation sites excluding steroid dienone is 1. The van der Waals surface area contributed by atoms with Crippen molar-refractivity contribution in [1.29, 1.82) is 5.26 Å². The van der Waals surface area contributed by atoms with Gasteiger partial charge in [0, 0.05) is 4.88 Å². The average Bonchev–Trinajstić information content (AvgIpc) is 2.80. The van der Waals surface area contributed by atoms with Crippen LogP contribution in [0.15, 0.2) is 39.5 Å². The Bertz CT molecular complexity index is 595. The monoisotopic (exact) mass is 278 g/mol. The van der Waals surface area contributed by atoms with E-state index >= 15 is 0 Å². The molecule has 1 aliphatic heterocycles. The first-order valence-corrected chi connectivity index (χ1v) is 6.32. The molecular formula is C11H10N4OS2. The largest absolute Gasteiger partial charge is 0.384 e. The van der Waals surface area contributed by atoms with E-state index in [0.29, 0.717) is 0 Å². The van der Waals surface area contributed by atoms with Crippen molar-refractivity contribution in [2.75, 3.05) is 0 Å². The topological polar surface area (TPSA) is 105 Å². The Kier molecular flexibility index (Phi) is 3.32. The van der Waals surface area contributed by atoms with Crippen LogP contribution in [-0.4, -0.2) is 5.91 Å². The third-order valence-corrected chi connectivity index (χ3v) is 3.88. The van der Waals surface area contributed by atoms with Gasteiger partial charge in [-0.15, -0.1) is 24.0 Å². The fourth-order valence-corrected chi connectivity index (χ4v) is 3.03. The van der Waals surface area contributed by atoms with Crippen molar-refractivity contribution >= 4 is 29.9 Å². The quantitative estimate of drug-likeness (QED) is 0.599. The second-order valence-electron chi connectivity index (χ2n) is 3.64. The van der Waals surface area contributed by atoms with Gasteiger partial charge in [-0.2, -0.15) is 5.26 Å². The first-order chi connectivity index (χ1) is 8.56. The molecule has 7 heteroatoms. The maximum atomic E-state index is 11.5. The lowest BCUT2D eigenvalue weighted by molar-refractivity contribution is -0.114. The van der Waals surface area contributed by atoms with Gasteiger partial charge in [-0.1, -0.05) is 6.07 Å². The molecule has 18 heavy (non-hydrogen) atoms. The summed E-state index contributed by atoms with van der Waals surface area (Å²) in [6.07, 6.45) is 0. The molecule has 0 radical (unpaired) electrons. The van der Waals surface area contributed by atoms with Crippen molar-refractivity contribution in [3.63, 3.8) is 0 Å². The van der Waals surface area contributed by atoms with Gasteiger partial charge in [0.05, 0.1) is 28.2 Å². The smallest absolute Gasteiger partial charge is 0.248 e. The number of thiol groups is 1. The molecule has 5 N–H and O–H groups in total. The molecule has 0 saturated carbocycles. The molecule has 1 atom stereocenters. The molecule has 0 fully saturated rings. The van der Waals surface area contributed by atoms with Crippen molar-refractivity contribution in [1.82, 2.24) is 5.32 Å². The summed E-state index contributed by atoms with van der Waals surface area (Å²) in [5, 5.41) is 14.0. The highest BCUT2D eigenvalue weighted by Crippen LogP contribution is 2.39. The molecule has 1 amide bonds. The number of dihydropyridines is 1. The minimum atomic E-state index is -0.619. The maximum absolute atomic E-state index is 11.5. The molecule has 2 heterocycles. The molecule has 1 unspecified atom stereocenters. The van der Waals surface area contributed by atoms with E-state index in [4.69, 9.17) is 11.5 Å². The minimum Gasteiger partial charge on any atom is -0.384 e. The van der Waals surface area contributed by atoms with Gasteiger partial charge in [-0.25, -0.2) is 0 Å². The number of nitrogens with two attached hydrogens (primary N) is 2. The van der Waals surface area contributed by atoms with Gasteiger partial charge in [-0.3, -0.25) is 4.79 Å². The number of carbonyl (C=O) groups excluding carboxylic acids is 1. The molecule has 5 nitrogen and oxygen atoms in total. The van der Waals surface area contributed by atoms with Crippen LogP contribution in [0.3, 0.4) is 0 Å². The second-order valence-corrected chi connectivity index (χ2v) is 5.07. The van der Waals surface area contributed by atoms with E-state index in [1.165, 1.54) is 11.3 Å². The van der Waals surface area contributed by atoms with Gasteiger partial charge in [0.25, 0.3) is 0 Å². The van der Waals surface area contributed by atoms with Crippen molar-refractivity contribution in [2.24, 2.45) is 11.5 Å². The van der Waals surface area contributed by atoms with E-state index in [1.807, 2.05) is 23.6 Å². The lowest BCUT2D eigenvalue weighted by Gasteiger charge is -2.25. The average molecular weight is 278 g/mol. The van der Waals surface area contributed by atoms with Gasteiger partial charge in [0.2, 0.25) is 5.91 Å². The predicted molar refractivity (Wildman–Crippen MR) is 72.2 cm³/mol. The first kappa shape index (κ1) is 12.5. The van der Waals surface area contributed by atoms with Crippen molar-refractivity contribution < 1.29 is 4.79 Å². The number of primary amides is 1. The Balaban J connectivity index is 2.63. The molecule has 1 aromatic heterocycles. The number of nitrogens with zero attached hydrogens (tertiary/aromatic N) is 1. The maximum Gasteiger partial charge on any atom is 0.248 e. The Hall–Kier alpha value is -1.91. The van der Waals surface area contributed by atoms with Crippen LogP contribution in [0.1, 0.15) is 10.8 Å². The Morgan fingerprint density at radius 3 is 2.83 bits per heavy atom. The van der Waals surface area contributed by atoms with Crippen LogP contribution in [0.2, 0.25) is 0 Å². The third kappa shape index (κ3) is 1.96. The zero-order chi connectivity index (χ0) is 13.3. The number of carbonyl (C=O) groups is 1. The van der Waals surface area contributed by atoms with Crippen LogP contribution in [0.25, 0.3) is 0 Å². The summed E-state index contributed by atoms with van der Waals surface area (Å²) in [6, 6.07) is 5.69. The summed E-state index contributed by atoms with van der Waals surface area (Å²) < 4.78 is 0. The number of amides is 1. The molecule has 2 rings (SSSR count). The molecule has 0 bridgehead atoms. The lowest BCUT2D eigenvalue weighted by Crippen LogP contribution is -2.33. The van der Waals surface area contributed by atoms with E-state index in [0.717, 1.165) is 4.88 Å². The van der Waals surface area contributed by atoms with Crippen LogP contribution in [0.5, 0.6) is 0 Å². The second kappa shape index (κ2) is 4.76. The van der Waals surface area contributed by atoms with Crippen LogP contribution < -0.4 is 16.8 Å². The molecule has 92 valence electrons. The Morgan fingerprint density at radius 2 is 2.33 bits per heavy atom. The van der Waals surface area contributed by atoms with Crippen molar-refractivity contribution in [3.05, 3.63) is 44.4 Å². The summed E-state index contributed by atoms with van der Waals surface area (Å²) in [4.78, 5) is 12.4. The highest BCUT2D eigenvalue weighted by molar-refractivity contribution is 7.84. The number of hydrogen-bond acceptors (Lipinski definition) is 6. The number of nitrogens with one attached hydrogen (secondary N) is 1.